The van der Waals surface area contributed by atoms with Crippen molar-refractivity contribution < 1.29 is 4.42 Å². The molecule has 11 rings (SSSR count). The largest absolute Gasteiger partial charge is 0.438 e. The third-order valence-electron chi connectivity index (χ3n) is 11.4. The average Bonchev–Trinajstić information content (AvgIpc) is 3.75. The number of benzene rings is 7. The highest BCUT2D eigenvalue weighted by Gasteiger charge is 2.37. The van der Waals surface area contributed by atoms with Crippen LogP contribution in [0.25, 0.3) is 101 Å². The summed E-state index contributed by atoms with van der Waals surface area (Å²) in [5.74, 6) is 1.82. The molecule has 0 atom stereocenters. The zero-order chi connectivity index (χ0) is 37.4. The second-order valence-electron chi connectivity index (χ2n) is 15.0. The number of hydrogen-bond acceptors (Lipinski definition) is 5. The van der Waals surface area contributed by atoms with Crippen LogP contribution in [-0.4, -0.2) is 19.9 Å². The maximum Gasteiger partial charge on any atom is 0.228 e. The highest BCUT2D eigenvalue weighted by molar-refractivity contribution is 6.20. The lowest BCUT2D eigenvalue weighted by Crippen LogP contribution is -2.14. The van der Waals surface area contributed by atoms with Gasteiger partial charge in [-0.2, -0.15) is 0 Å². The molecule has 0 spiro atoms. The van der Waals surface area contributed by atoms with Crippen LogP contribution in [0.5, 0.6) is 0 Å². The summed E-state index contributed by atoms with van der Waals surface area (Å²) in [6.07, 6.45) is 0. The van der Waals surface area contributed by atoms with Crippen molar-refractivity contribution in [2.75, 3.05) is 0 Å². The van der Waals surface area contributed by atoms with Crippen molar-refractivity contribution in [3.05, 3.63) is 181 Å². The van der Waals surface area contributed by atoms with Crippen molar-refractivity contribution in [3.8, 4) is 67.7 Å². The van der Waals surface area contributed by atoms with Crippen molar-refractivity contribution in [1.82, 2.24) is 19.9 Å². The summed E-state index contributed by atoms with van der Waals surface area (Å²) < 4.78 is 6.33. The molecule has 56 heavy (non-hydrogen) atoms. The van der Waals surface area contributed by atoms with Gasteiger partial charge in [0.25, 0.3) is 0 Å². The van der Waals surface area contributed by atoms with Crippen LogP contribution in [0.4, 0.5) is 0 Å². The second-order valence-corrected chi connectivity index (χ2v) is 15.0. The van der Waals surface area contributed by atoms with Crippen LogP contribution >= 0.6 is 0 Å². The smallest absolute Gasteiger partial charge is 0.228 e. The molecule has 1 aliphatic rings. The van der Waals surface area contributed by atoms with Crippen molar-refractivity contribution >= 4 is 32.8 Å². The Morgan fingerprint density at radius 2 is 0.982 bits per heavy atom. The van der Waals surface area contributed by atoms with Gasteiger partial charge in [-0.3, -0.25) is 0 Å². The van der Waals surface area contributed by atoms with Gasteiger partial charge in [0.05, 0.1) is 11.1 Å². The van der Waals surface area contributed by atoms with Crippen LogP contribution in [0, 0.1) is 0 Å². The molecule has 264 valence electrons. The average molecular weight is 719 g/mol. The van der Waals surface area contributed by atoms with Gasteiger partial charge in [0.2, 0.25) is 5.71 Å². The van der Waals surface area contributed by atoms with E-state index in [1.165, 1.54) is 27.8 Å². The van der Waals surface area contributed by atoms with Crippen LogP contribution in [-0.2, 0) is 5.41 Å². The molecule has 5 heteroatoms. The Kier molecular flexibility index (Phi) is 7.13. The fourth-order valence-electron chi connectivity index (χ4n) is 8.70. The summed E-state index contributed by atoms with van der Waals surface area (Å²) in [4.78, 5) is 20.7. The van der Waals surface area contributed by atoms with Crippen molar-refractivity contribution in [3.63, 3.8) is 0 Å². The number of hydrogen-bond donors (Lipinski definition) is 0. The minimum absolute atomic E-state index is 0.113. The van der Waals surface area contributed by atoms with E-state index in [1.54, 1.807) is 0 Å². The fourth-order valence-corrected chi connectivity index (χ4v) is 8.70. The Bertz CT molecular complexity index is 3180. The van der Waals surface area contributed by atoms with E-state index in [9.17, 15) is 0 Å². The molecule has 0 radical (unpaired) electrons. The first-order valence-corrected chi connectivity index (χ1v) is 19.0. The quantitative estimate of drug-likeness (QED) is 0.177. The monoisotopic (exact) mass is 718 g/mol. The summed E-state index contributed by atoms with van der Waals surface area (Å²) in [5, 5.41) is 4.25. The van der Waals surface area contributed by atoms with Gasteiger partial charge in [0.1, 0.15) is 5.58 Å². The summed E-state index contributed by atoms with van der Waals surface area (Å²) in [6, 6.07) is 59.0. The molecular weight excluding hydrogens is 685 g/mol. The van der Waals surface area contributed by atoms with E-state index in [0.717, 1.165) is 60.6 Å². The SMILES string of the molecule is CC1(C)c2ccccc2-c2c(-c3ccccc3-c3nc(-c4ccccc4)nc(-c4cccc(-c5nc6oc7ccccc7c6c6ccccc56)c4)n3)cccc21. The molecule has 0 aliphatic heterocycles. The van der Waals surface area contributed by atoms with Gasteiger partial charge in [0, 0.05) is 38.4 Å². The highest BCUT2D eigenvalue weighted by atomic mass is 16.3. The first kappa shape index (κ1) is 32.2. The van der Waals surface area contributed by atoms with Crippen molar-refractivity contribution in [2.45, 2.75) is 19.3 Å². The molecule has 3 heterocycles. The van der Waals surface area contributed by atoms with Crippen molar-refractivity contribution in [1.29, 1.82) is 0 Å². The summed E-state index contributed by atoms with van der Waals surface area (Å²) in [5.41, 5.74) is 13.3. The maximum absolute atomic E-state index is 6.33. The van der Waals surface area contributed by atoms with Gasteiger partial charge in [-0.25, -0.2) is 19.9 Å². The Labute approximate surface area is 324 Å². The molecular formula is C51H34N4O. The van der Waals surface area contributed by atoms with E-state index in [1.807, 2.05) is 48.5 Å². The molecule has 0 unspecified atom stereocenters. The van der Waals surface area contributed by atoms with Gasteiger partial charge >= 0.3 is 0 Å². The summed E-state index contributed by atoms with van der Waals surface area (Å²) >= 11 is 0. The van der Waals surface area contributed by atoms with Gasteiger partial charge in [0.15, 0.2) is 17.5 Å². The third-order valence-corrected chi connectivity index (χ3v) is 11.4. The van der Waals surface area contributed by atoms with E-state index in [0.29, 0.717) is 23.2 Å². The Hall–Kier alpha value is -7.24. The molecule has 1 aliphatic carbocycles. The molecule has 0 fully saturated rings. The molecule has 0 bridgehead atoms. The number of aromatic nitrogens is 4. The maximum atomic E-state index is 6.33. The Morgan fingerprint density at radius 1 is 0.411 bits per heavy atom. The standard InChI is InChI=1S/C51H34N4O/c1-51(2)41-27-12-10-24-39(41)44-35(26-15-28-42(44)51)34-20-6-9-23-38(34)49-54-47(31-16-4-3-5-17-31)53-48(55-49)33-19-14-18-32(30-33)46-37-22-8-7-21-36(37)45-40-25-11-13-29-43(40)56-50(45)52-46/h3-30H,1-2H3. The second kappa shape index (κ2) is 12.4. The lowest BCUT2D eigenvalue weighted by Gasteiger charge is -2.21. The number of para-hydroxylation sites is 1. The van der Waals surface area contributed by atoms with Gasteiger partial charge in [-0.1, -0.05) is 172 Å². The first-order valence-electron chi connectivity index (χ1n) is 19.0. The number of furan rings is 1. The summed E-state index contributed by atoms with van der Waals surface area (Å²) in [7, 11) is 0. The molecule has 0 saturated carbocycles. The van der Waals surface area contributed by atoms with Crippen LogP contribution in [0.15, 0.2) is 174 Å². The molecule has 3 aromatic heterocycles. The minimum Gasteiger partial charge on any atom is -0.438 e. The zero-order valence-corrected chi connectivity index (χ0v) is 30.9. The molecule has 0 saturated heterocycles. The van der Waals surface area contributed by atoms with Gasteiger partial charge < -0.3 is 4.42 Å². The number of fused-ring (bicyclic) bond motifs is 8. The van der Waals surface area contributed by atoms with E-state index in [-0.39, 0.29) is 5.41 Å². The molecule has 10 aromatic rings. The van der Waals surface area contributed by atoms with Crippen LogP contribution in [0.1, 0.15) is 25.0 Å². The normalized spacial score (nSPS) is 13.0. The number of pyridine rings is 1. The Balaban J connectivity index is 1.10. The number of nitrogens with zero attached hydrogens (tertiary/aromatic N) is 4. The van der Waals surface area contributed by atoms with Gasteiger partial charge in [-0.05, 0) is 50.9 Å². The highest BCUT2D eigenvalue weighted by Crippen LogP contribution is 2.52. The molecule has 7 aromatic carbocycles. The van der Waals surface area contributed by atoms with E-state index in [4.69, 9.17) is 24.4 Å². The zero-order valence-electron chi connectivity index (χ0n) is 30.9. The fraction of sp³-hybridized carbons (Fsp3) is 0.0588. The molecule has 0 N–H and O–H groups in total. The van der Waals surface area contributed by atoms with E-state index in [2.05, 4.69) is 135 Å². The lowest BCUT2D eigenvalue weighted by molar-refractivity contribution is 0.655. The van der Waals surface area contributed by atoms with E-state index < -0.39 is 0 Å². The first-order chi connectivity index (χ1) is 27.5. The van der Waals surface area contributed by atoms with E-state index >= 15 is 0 Å². The van der Waals surface area contributed by atoms with Crippen molar-refractivity contribution in [2.24, 2.45) is 0 Å². The predicted octanol–water partition coefficient (Wildman–Crippen LogP) is 13.0. The molecule has 0 amide bonds. The van der Waals surface area contributed by atoms with Crippen LogP contribution in [0.3, 0.4) is 0 Å². The molecule has 5 nitrogen and oxygen atoms in total. The third kappa shape index (κ3) is 4.94. The topological polar surface area (TPSA) is 64.7 Å². The summed E-state index contributed by atoms with van der Waals surface area (Å²) in [6.45, 7) is 4.64. The lowest BCUT2D eigenvalue weighted by atomic mass is 9.82. The Morgan fingerprint density at radius 3 is 1.82 bits per heavy atom. The van der Waals surface area contributed by atoms with Crippen LogP contribution in [0.2, 0.25) is 0 Å². The number of rotatable bonds is 5. The van der Waals surface area contributed by atoms with Crippen LogP contribution < -0.4 is 0 Å². The van der Waals surface area contributed by atoms with Gasteiger partial charge in [-0.15, -0.1) is 0 Å². The predicted molar refractivity (Wildman–Crippen MR) is 227 cm³/mol. The minimum atomic E-state index is -0.113.